The second kappa shape index (κ2) is 8.66. The summed E-state index contributed by atoms with van der Waals surface area (Å²) in [5.74, 6) is 0.395. The van der Waals surface area contributed by atoms with Crippen molar-refractivity contribution in [2.75, 3.05) is 19.5 Å². The first-order valence-corrected chi connectivity index (χ1v) is 8.86. The van der Waals surface area contributed by atoms with Crippen LogP contribution in [-0.2, 0) is 4.79 Å². The molecule has 146 valence electrons. The number of hydrogen-bond acceptors (Lipinski definition) is 6. The molecular formula is C19H16F2N2O4S. The Labute approximate surface area is 163 Å². The Morgan fingerprint density at radius 1 is 1.14 bits per heavy atom. The highest BCUT2D eigenvalue weighted by Gasteiger charge is 2.11. The van der Waals surface area contributed by atoms with Gasteiger partial charge in [-0.25, -0.2) is 4.98 Å². The molecule has 9 heteroatoms. The Hall–Kier alpha value is -3.20. The zero-order valence-corrected chi connectivity index (χ0v) is 15.8. The lowest BCUT2D eigenvalue weighted by Gasteiger charge is -2.10. The number of thiazole rings is 1. The molecule has 1 N–H and O–H groups in total. The SMILES string of the molecule is COc1ccc2nc(NC(=O)/C=C/c3ccc(OC(F)F)c(OC)c3)sc2c1. The van der Waals surface area contributed by atoms with Gasteiger partial charge in [-0.2, -0.15) is 8.78 Å². The van der Waals surface area contributed by atoms with Gasteiger partial charge in [0.2, 0.25) is 5.91 Å². The zero-order valence-electron chi connectivity index (χ0n) is 14.9. The third-order valence-corrected chi connectivity index (χ3v) is 4.59. The molecular weight excluding hydrogens is 390 g/mol. The van der Waals surface area contributed by atoms with Crippen molar-refractivity contribution in [2.45, 2.75) is 6.61 Å². The predicted octanol–water partition coefficient (Wildman–Crippen LogP) is 4.57. The number of methoxy groups -OCH3 is 2. The standard InChI is InChI=1S/C19H16F2N2O4S/c1-25-12-5-6-13-16(10-12)28-19(22-13)23-17(24)8-4-11-3-7-14(27-18(20)21)15(9-11)26-2/h3-10,18H,1-2H3,(H,22,23,24)/b8-4+. The van der Waals surface area contributed by atoms with Gasteiger partial charge in [-0.1, -0.05) is 17.4 Å². The van der Waals surface area contributed by atoms with Crippen LogP contribution in [-0.4, -0.2) is 31.7 Å². The molecule has 0 saturated heterocycles. The number of aromatic nitrogens is 1. The molecule has 1 heterocycles. The average Bonchev–Trinajstić information content (AvgIpc) is 3.07. The van der Waals surface area contributed by atoms with Gasteiger partial charge in [-0.3, -0.25) is 10.1 Å². The largest absolute Gasteiger partial charge is 0.497 e. The number of amides is 1. The fourth-order valence-corrected chi connectivity index (χ4v) is 3.28. The van der Waals surface area contributed by atoms with Crippen molar-refractivity contribution in [3.8, 4) is 17.2 Å². The van der Waals surface area contributed by atoms with Crippen LogP contribution in [0.2, 0.25) is 0 Å². The molecule has 0 bridgehead atoms. The number of benzene rings is 2. The van der Waals surface area contributed by atoms with Gasteiger partial charge in [0.15, 0.2) is 16.6 Å². The van der Waals surface area contributed by atoms with Crippen molar-refractivity contribution in [1.29, 1.82) is 0 Å². The number of hydrogen-bond donors (Lipinski definition) is 1. The highest BCUT2D eigenvalue weighted by atomic mass is 32.1. The van der Waals surface area contributed by atoms with Crippen LogP contribution in [0.25, 0.3) is 16.3 Å². The van der Waals surface area contributed by atoms with Crippen molar-refractivity contribution in [3.63, 3.8) is 0 Å². The van der Waals surface area contributed by atoms with E-state index in [1.807, 2.05) is 12.1 Å². The number of carbonyl (C=O) groups excluding carboxylic acids is 1. The van der Waals surface area contributed by atoms with E-state index in [1.54, 1.807) is 13.2 Å². The highest BCUT2D eigenvalue weighted by molar-refractivity contribution is 7.22. The van der Waals surface area contributed by atoms with E-state index in [9.17, 15) is 13.6 Å². The maximum atomic E-state index is 12.4. The molecule has 0 aliphatic rings. The molecule has 0 aliphatic carbocycles. The Balaban J connectivity index is 1.69. The first-order valence-electron chi connectivity index (χ1n) is 8.05. The Kier molecular flexibility index (Phi) is 6.05. The Morgan fingerprint density at radius 2 is 1.96 bits per heavy atom. The molecule has 3 rings (SSSR count). The minimum absolute atomic E-state index is 0.0796. The van der Waals surface area contributed by atoms with E-state index >= 15 is 0 Å². The van der Waals surface area contributed by atoms with Crippen LogP contribution in [0.1, 0.15) is 5.56 Å². The summed E-state index contributed by atoms with van der Waals surface area (Å²) in [5, 5.41) is 3.15. The summed E-state index contributed by atoms with van der Waals surface area (Å²) < 4.78 is 40.2. The van der Waals surface area contributed by atoms with Crippen LogP contribution in [0.5, 0.6) is 17.2 Å². The van der Waals surface area contributed by atoms with E-state index in [4.69, 9.17) is 9.47 Å². The van der Waals surface area contributed by atoms with E-state index < -0.39 is 6.61 Å². The molecule has 0 unspecified atom stereocenters. The van der Waals surface area contributed by atoms with Gasteiger partial charge in [0, 0.05) is 6.08 Å². The lowest BCUT2D eigenvalue weighted by atomic mass is 10.2. The fraction of sp³-hybridized carbons (Fsp3) is 0.158. The lowest BCUT2D eigenvalue weighted by Crippen LogP contribution is -2.07. The first-order chi connectivity index (χ1) is 13.5. The van der Waals surface area contributed by atoms with Gasteiger partial charge in [0.05, 0.1) is 24.4 Å². The predicted molar refractivity (Wildman–Crippen MR) is 103 cm³/mol. The van der Waals surface area contributed by atoms with Gasteiger partial charge in [0.1, 0.15) is 5.75 Å². The summed E-state index contributed by atoms with van der Waals surface area (Å²) in [7, 11) is 2.92. The van der Waals surface area contributed by atoms with Crippen LogP contribution >= 0.6 is 11.3 Å². The van der Waals surface area contributed by atoms with Gasteiger partial charge in [-0.05, 0) is 42.0 Å². The number of rotatable bonds is 7. The average molecular weight is 406 g/mol. The second-order valence-electron chi connectivity index (χ2n) is 5.46. The van der Waals surface area contributed by atoms with Crippen molar-refractivity contribution in [2.24, 2.45) is 0 Å². The van der Waals surface area contributed by atoms with Gasteiger partial charge in [-0.15, -0.1) is 0 Å². The smallest absolute Gasteiger partial charge is 0.387 e. The van der Waals surface area contributed by atoms with Crippen molar-refractivity contribution in [3.05, 3.63) is 48.0 Å². The molecule has 1 amide bonds. The van der Waals surface area contributed by atoms with E-state index in [1.165, 1.54) is 48.8 Å². The number of carbonyl (C=O) groups is 1. The summed E-state index contributed by atoms with van der Waals surface area (Å²) in [4.78, 5) is 16.5. The molecule has 3 aromatic rings. The van der Waals surface area contributed by atoms with Crippen LogP contribution in [0, 0.1) is 0 Å². The summed E-state index contributed by atoms with van der Waals surface area (Å²) >= 11 is 1.33. The summed E-state index contributed by atoms with van der Waals surface area (Å²) in [6, 6.07) is 9.82. The van der Waals surface area contributed by atoms with Crippen LogP contribution in [0.3, 0.4) is 0 Å². The van der Waals surface area contributed by atoms with E-state index in [2.05, 4.69) is 15.0 Å². The zero-order chi connectivity index (χ0) is 20.1. The number of alkyl halides is 2. The van der Waals surface area contributed by atoms with Crippen molar-refractivity contribution < 1.29 is 27.8 Å². The second-order valence-corrected chi connectivity index (χ2v) is 6.49. The highest BCUT2D eigenvalue weighted by Crippen LogP contribution is 2.30. The Morgan fingerprint density at radius 3 is 2.68 bits per heavy atom. The maximum Gasteiger partial charge on any atom is 0.387 e. The number of anilines is 1. The molecule has 0 fully saturated rings. The minimum atomic E-state index is -2.95. The molecule has 0 spiro atoms. The number of fused-ring (bicyclic) bond motifs is 1. The quantitative estimate of drug-likeness (QED) is 0.582. The lowest BCUT2D eigenvalue weighted by molar-refractivity contribution is -0.111. The van der Waals surface area contributed by atoms with E-state index in [0.29, 0.717) is 16.4 Å². The molecule has 6 nitrogen and oxygen atoms in total. The van der Waals surface area contributed by atoms with Gasteiger partial charge in [0.25, 0.3) is 0 Å². The van der Waals surface area contributed by atoms with Crippen LogP contribution < -0.4 is 19.5 Å². The number of nitrogens with zero attached hydrogens (tertiary/aromatic N) is 1. The minimum Gasteiger partial charge on any atom is -0.497 e. The molecule has 1 aromatic heterocycles. The van der Waals surface area contributed by atoms with Crippen molar-refractivity contribution >= 4 is 38.7 Å². The molecule has 2 aromatic carbocycles. The number of ether oxygens (including phenoxy) is 3. The van der Waals surface area contributed by atoms with Crippen LogP contribution in [0.4, 0.5) is 13.9 Å². The van der Waals surface area contributed by atoms with Gasteiger partial charge < -0.3 is 14.2 Å². The molecule has 0 aliphatic heterocycles. The topological polar surface area (TPSA) is 69.7 Å². The van der Waals surface area contributed by atoms with E-state index in [0.717, 1.165) is 10.2 Å². The summed E-state index contributed by atoms with van der Waals surface area (Å²) in [6.45, 7) is -2.95. The monoisotopic (exact) mass is 406 g/mol. The number of nitrogens with one attached hydrogen (secondary N) is 1. The fourth-order valence-electron chi connectivity index (χ4n) is 2.39. The van der Waals surface area contributed by atoms with Gasteiger partial charge >= 0.3 is 6.61 Å². The third kappa shape index (κ3) is 4.74. The molecule has 0 radical (unpaired) electrons. The van der Waals surface area contributed by atoms with Crippen molar-refractivity contribution in [1.82, 2.24) is 4.98 Å². The normalized spacial score (nSPS) is 11.2. The Bertz CT molecular complexity index is 1020. The molecule has 28 heavy (non-hydrogen) atoms. The number of halogens is 2. The summed E-state index contributed by atoms with van der Waals surface area (Å²) in [5.41, 5.74) is 1.34. The molecule has 0 saturated carbocycles. The van der Waals surface area contributed by atoms with E-state index in [-0.39, 0.29) is 17.4 Å². The maximum absolute atomic E-state index is 12.4. The summed E-state index contributed by atoms with van der Waals surface area (Å²) in [6.07, 6.45) is 2.84. The molecule has 0 atom stereocenters. The van der Waals surface area contributed by atoms with Crippen LogP contribution in [0.15, 0.2) is 42.5 Å². The first kappa shape index (κ1) is 19.6. The third-order valence-electron chi connectivity index (χ3n) is 3.66.